The molecular weight excluding hydrogens is 262 g/mol. The van der Waals surface area contributed by atoms with Crippen molar-refractivity contribution in [3.8, 4) is 0 Å². The Morgan fingerprint density at radius 2 is 1.70 bits per heavy atom. The van der Waals surface area contributed by atoms with Gasteiger partial charge in [0.2, 0.25) is 0 Å². The quantitative estimate of drug-likeness (QED) is 0.676. The first-order valence-corrected chi connectivity index (χ1v) is 9.01. The third kappa shape index (κ3) is 5.88. The molecule has 114 valence electrons. The maximum atomic E-state index is 3.77. The van der Waals surface area contributed by atoms with E-state index in [0.717, 1.165) is 12.5 Å². The van der Waals surface area contributed by atoms with Gasteiger partial charge in [-0.3, -0.25) is 0 Å². The van der Waals surface area contributed by atoms with Gasteiger partial charge in [0.05, 0.1) is 0 Å². The SMILES string of the molecule is CCCNC(c1ccccc1)C(SCC(C)C)C(C)C. The predicted octanol–water partition coefficient (Wildman–Crippen LogP) is 5.14. The normalized spacial score (nSPS) is 14.8. The van der Waals surface area contributed by atoms with Crippen LogP contribution in [0.3, 0.4) is 0 Å². The lowest BCUT2D eigenvalue weighted by atomic mass is 9.96. The van der Waals surface area contributed by atoms with Gasteiger partial charge in [0.1, 0.15) is 0 Å². The molecule has 0 radical (unpaired) electrons. The smallest absolute Gasteiger partial charge is 0.0443 e. The van der Waals surface area contributed by atoms with Crippen molar-refractivity contribution in [1.82, 2.24) is 5.32 Å². The molecule has 2 heteroatoms. The van der Waals surface area contributed by atoms with E-state index < -0.39 is 0 Å². The molecule has 0 aliphatic heterocycles. The first kappa shape index (κ1) is 17.6. The van der Waals surface area contributed by atoms with E-state index in [4.69, 9.17) is 0 Å². The lowest BCUT2D eigenvalue weighted by Crippen LogP contribution is -2.34. The molecule has 0 aliphatic carbocycles. The Balaban J connectivity index is 2.86. The van der Waals surface area contributed by atoms with Crippen molar-refractivity contribution < 1.29 is 0 Å². The summed E-state index contributed by atoms with van der Waals surface area (Å²) >= 11 is 2.13. The average Bonchev–Trinajstić information content (AvgIpc) is 2.42. The van der Waals surface area contributed by atoms with Crippen molar-refractivity contribution in [2.24, 2.45) is 11.8 Å². The van der Waals surface area contributed by atoms with Gasteiger partial charge in [0, 0.05) is 11.3 Å². The molecule has 1 aromatic rings. The first-order chi connectivity index (χ1) is 9.56. The number of hydrogen-bond donors (Lipinski definition) is 1. The molecule has 20 heavy (non-hydrogen) atoms. The lowest BCUT2D eigenvalue weighted by Gasteiger charge is -2.31. The Hall–Kier alpha value is -0.470. The van der Waals surface area contributed by atoms with E-state index in [0.29, 0.717) is 17.2 Å². The highest BCUT2D eigenvalue weighted by Gasteiger charge is 2.26. The van der Waals surface area contributed by atoms with E-state index in [9.17, 15) is 0 Å². The number of hydrogen-bond acceptors (Lipinski definition) is 2. The van der Waals surface area contributed by atoms with Crippen LogP contribution in [-0.2, 0) is 0 Å². The lowest BCUT2D eigenvalue weighted by molar-refractivity contribution is 0.443. The van der Waals surface area contributed by atoms with Crippen LogP contribution in [0.2, 0.25) is 0 Å². The molecule has 0 fully saturated rings. The van der Waals surface area contributed by atoms with Gasteiger partial charge >= 0.3 is 0 Å². The maximum Gasteiger partial charge on any atom is 0.0443 e. The molecule has 0 heterocycles. The van der Waals surface area contributed by atoms with Crippen LogP contribution in [0, 0.1) is 11.8 Å². The molecule has 1 N–H and O–H groups in total. The summed E-state index contributed by atoms with van der Waals surface area (Å²) in [5.41, 5.74) is 1.43. The van der Waals surface area contributed by atoms with Gasteiger partial charge in [-0.1, -0.05) is 65.0 Å². The summed E-state index contributed by atoms with van der Waals surface area (Å²) in [6.07, 6.45) is 1.18. The van der Waals surface area contributed by atoms with Gasteiger partial charge in [-0.05, 0) is 36.1 Å². The molecular formula is C18H31NS. The van der Waals surface area contributed by atoms with Crippen LogP contribution >= 0.6 is 11.8 Å². The topological polar surface area (TPSA) is 12.0 Å². The number of thioether (sulfide) groups is 1. The molecule has 1 nitrogen and oxygen atoms in total. The van der Waals surface area contributed by atoms with E-state index in [1.807, 2.05) is 0 Å². The fraction of sp³-hybridized carbons (Fsp3) is 0.667. The first-order valence-electron chi connectivity index (χ1n) is 7.96. The molecule has 1 rings (SSSR count). The van der Waals surface area contributed by atoms with Crippen LogP contribution in [0.1, 0.15) is 52.6 Å². The number of nitrogens with one attached hydrogen (secondary N) is 1. The second-order valence-electron chi connectivity index (χ2n) is 6.28. The summed E-state index contributed by atoms with van der Waals surface area (Å²) in [5.74, 6) is 2.66. The zero-order valence-electron chi connectivity index (χ0n) is 13.7. The molecule has 2 atom stereocenters. The minimum Gasteiger partial charge on any atom is -0.309 e. The highest BCUT2D eigenvalue weighted by atomic mass is 32.2. The van der Waals surface area contributed by atoms with E-state index in [-0.39, 0.29) is 0 Å². The van der Waals surface area contributed by atoms with Crippen molar-refractivity contribution in [2.45, 2.75) is 52.3 Å². The van der Waals surface area contributed by atoms with Crippen molar-refractivity contribution in [1.29, 1.82) is 0 Å². The highest BCUT2D eigenvalue weighted by molar-refractivity contribution is 7.99. The van der Waals surface area contributed by atoms with Crippen LogP contribution in [0.5, 0.6) is 0 Å². The summed E-state index contributed by atoms with van der Waals surface area (Å²) in [7, 11) is 0. The predicted molar refractivity (Wildman–Crippen MR) is 93.4 cm³/mol. The molecule has 0 spiro atoms. The van der Waals surface area contributed by atoms with Gasteiger partial charge < -0.3 is 5.32 Å². The summed E-state index contributed by atoms with van der Waals surface area (Å²) in [5, 5.41) is 4.40. The van der Waals surface area contributed by atoms with Gasteiger partial charge in [-0.25, -0.2) is 0 Å². The van der Waals surface area contributed by atoms with E-state index >= 15 is 0 Å². The van der Waals surface area contributed by atoms with Crippen molar-refractivity contribution in [3.63, 3.8) is 0 Å². The Labute approximate surface area is 129 Å². The molecule has 0 bridgehead atoms. The average molecular weight is 294 g/mol. The Morgan fingerprint density at radius 1 is 1.05 bits per heavy atom. The fourth-order valence-corrected chi connectivity index (χ4v) is 3.80. The number of benzene rings is 1. The highest BCUT2D eigenvalue weighted by Crippen LogP contribution is 2.33. The fourth-order valence-electron chi connectivity index (χ4n) is 2.36. The molecule has 1 aromatic carbocycles. The van der Waals surface area contributed by atoms with Crippen molar-refractivity contribution in [3.05, 3.63) is 35.9 Å². The monoisotopic (exact) mass is 293 g/mol. The zero-order valence-corrected chi connectivity index (χ0v) is 14.5. The molecule has 0 amide bonds. The van der Waals surface area contributed by atoms with Crippen LogP contribution in [0.4, 0.5) is 0 Å². The Bertz CT molecular complexity index is 348. The Kier molecular flexibility index (Phi) is 8.32. The van der Waals surface area contributed by atoms with Crippen molar-refractivity contribution >= 4 is 11.8 Å². The number of rotatable bonds is 9. The van der Waals surface area contributed by atoms with Crippen molar-refractivity contribution in [2.75, 3.05) is 12.3 Å². The summed E-state index contributed by atoms with van der Waals surface area (Å²) in [6, 6.07) is 11.4. The Morgan fingerprint density at radius 3 is 2.20 bits per heavy atom. The van der Waals surface area contributed by atoms with Crippen LogP contribution in [0.15, 0.2) is 30.3 Å². The van der Waals surface area contributed by atoms with Gasteiger partial charge in [-0.15, -0.1) is 0 Å². The minimum absolute atomic E-state index is 0.458. The molecule has 0 saturated carbocycles. The van der Waals surface area contributed by atoms with Crippen LogP contribution < -0.4 is 5.32 Å². The summed E-state index contributed by atoms with van der Waals surface area (Å²) < 4.78 is 0. The molecule has 0 aromatic heterocycles. The molecule has 0 saturated heterocycles. The van der Waals surface area contributed by atoms with E-state index in [1.54, 1.807) is 0 Å². The third-order valence-electron chi connectivity index (χ3n) is 3.38. The van der Waals surface area contributed by atoms with E-state index in [1.165, 1.54) is 17.7 Å². The van der Waals surface area contributed by atoms with Crippen LogP contribution in [0.25, 0.3) is 0 Å². The zero-order chi connectivity index (χ0) is 15.0. The van der Waals surface area contributed by atoms with Gasteiger partial charge in [0.15, 0.2) is 0 Å². The van der Waals surface area contributed by atoms with Crippen LogP contribution in [-0.4, -0.2) is 17.5 Å². The van der Waals surface area contributed by atoms with Gasteiger partial charge in [-0.2, -0.15) is 11.8 Å². The summed E-state index contributed by atoms with van der Waals surface area (Å²) in [6.45, 7) is 12.6. The summed E-state index contributed by atoms with van der Waals surface area (Å²) in [4.78, 5) is 0. The molecule has 2 unspecified atom stereocenters. The second-order valence-corrected chi connectivity index (χ2v) is 7.49. The third-order valence-corrected chi connectivity index (χ3v) is 5.44. The van der Waals surface area contributed by atoms with Gasteiger partial charge in [0.25, 0.3) is 0 Å². The van der Waals surface area contributed by atoms with E-state index in [2.05, 4.69) is 82.0 Å². The standard InChI is InChI=1S/C18H31NS/c1-6-12-19-17(16-10-8-7-9-11-16)18(15(4)5)20-13-14(2)3/h7-11,14-15,17-19H,6,12-13H2,1-5H3. The minimum atomic E-state index is 0.458. The largest absolute Gasteiger partial charge is 0.309 e. The molecule has 0 aliphatic rings. The second kappa shape index (κ2) is 9.46. The maximum absolute atomic E-state index is 3.77.